The predicted molar refractivity (Wildman–Crippen MR) is 109 cm³/mol. The fraction of sp³-hybridized carbons (Fsp3) is 0.100. The maximum absolute atomic E-state index is 12.9. The van der Waals surface area contributed by atoms with Crippen molar-refractivity contribution in [1.29, 1.82) is 0 Å². The molecule has 0 radical (unpaired) electrons. The second-order valence-corrected chi connectivity index (χ2v) is 8.47. The molecule has 1 heterocycles. The third-order valence-corrected chi connectivity index (χ3v) is 6.15. The topological polar surface area (TPSA) is 96.5 Å². The summed E-state index contributed by atoms with van der Waals surface area (Å²) in [6, 6.07) is 15.0. The van der Waals surface area contributed by atoms with E-state index in [2.05, 4.69) is 4.98 Å². The average molecular weight is 433 g/mol. The van der Waals surface area contributed by atoms with Crippen LogP contribution in [0.1, 0.15) is 20.8 Å². The van der Waals surface area contributed by atoms with E-state index in [-0.39, 0.29) is 10.5 Å². The Balaban J connectivity index is 1.77. The van der Waals surface area contributed by atoms with Crippen LogP contribution in [0.3, 0.4) is 0 Å². The van der Waals surface area contributed by atoms with Crippen molar-refractivity contribution >= 4 is 39.1 Å². The van der Waals surface area contributed by atoms with Crippen molar-refractivity contribution in [2.75, 3.05) is 18.0 Å². The summed E-state index contributed by atoms with van der Waals surface area (Å²) in [7, 11) is -2.55. The third kappa shape index (κ3) is 4.67. The molecule has 29 heavy (non-hydrogen) atoms. The maximum atomic E-state index is 12.9. The standard InChI is InChI=1S/C20H17ClN2O5S/c1-23(16-7-3-6-15(21)12-16)29(26,27)17-8-2-5-14(11-17)20(25)28-13-19(24)18-9-4-10-22-18/h2-12,22H,13H2,1H3. The normalized spacial score (nSPS) is 11.1. The van der Waals surface area contributed by atoms with Gasteiger partial charge in [-0.3, -0.25) is 9.10 Å². The fourth-order valence-electron chi connectivity index (χ4n) is 2.55. The van der Waals surface area contributed by atoms with Gasteiger partial charge >= 0.3 is 5.97 Å². The number of ether oxygens (including phenoxy) is 1. The number of H-pyrrole nitrogens is 1. The van der Waals surface area contributed by atoms with Crippen LogP contribution >= 0.6 is 11.6 Å². The number of aromatic amines is 1. The Kier molecular flexibility index (Phi) is 6.05. The molecule has 1 N–H and O–H groups in total. The monoisotopic (exact) mass is 432 g/mol. The minimum atomic E-state index is -3.94. The quantitative estimate of drug-likeness (QED) is 0.455. The van der Waals surface area contributed by atoms with Gasteiger partial charge in [0.15, 0.2) is 6.61 Å². The molecule has 7 nitrogen and oxygen atoms in total. The van der Waals surface area contributed by atoms with Gasteiger partial charge in [-0.1, -0.05) is 23.7 Å². The molecule has 0 saturated carbocycles. The number of nitrogens with one attached hydrogen (secondary N) is 1. The lowest BCUT2D eigenvalue weighted by atomic mass is 10.2. The van der Waals surface area contributed by atoms with Gasteiger partial charge in [-0.05, 0) is 48.5 Å². The van der Waals surface area contributed by atoms with Crippen LogP contribution in [0.5, 0.6) is 0 Å². The molecule has 9 heteroatoms. The smallest absolute Gasteiger partial charge is 0.338 e. The van der Waals surface area contributed by atoms with Crippen molar-refractivity contribution in [3.63, 3.8) is 0 Å². The van der Waals surface area contributed by atoms with Crippen LogP contribution in [0.2, 0.25) is 5.02 Å². The number of aromatic nitrogens is 1. The molecule has 0 spiro atoms. The first kappa shape index (κ1) is 20.6. The Bertz CT molecular complexity index is 1140. The number of hydrogen-bond acceptors (Lipinski definition) is 5. The lowest BCUT2D eigenvalue weighted by Crippen LogP contribution is -2.26. The molecule has 0 atom stereocenters. The van der Waals surface area contributed by atoms with Crippen LogP contribution < -0.4 is 4.31 Å². The summed E-state index contributed by atoms with van der Waals surface area (Å²) in [5.74, 6) is -1.19. The molecule has 0 aliphatic carbocycles. The van der Waals surface area contributed by atoms with Gasteiger partial charge in [0.2, 0.25) is 5.78 Å². The molecule has 0 saturated heterocycles. The Labute approximate surface area is 172 Å². The van der Waals surface area contributed by atoms with Crippen LogP contribution in [-0.2, 0) is 14.8 Å². The Hall–Kier alpha value is -3.10. The minimum Gasteiger partial charge on any atom is -0.454 e. The van der Waals surface area contributed by atoms with E-state index in [1.807, 2.05) is 0 Å². The molecule has 0 fully saturated rings. The van der Waals surface area contributed by atoms with Crippen molar-refractivity contribution in [3.05, 3.63) is 83.1 Å². The van der Waals surface area contributed by atoms with E-state index in [9.17, 15) is 18.0 Å². The van der Waals surface area contributed by atoms with Gasteiger partial charge in [0.1, 0.15) is 0 Å². The van der Waals surface area contributed by atoms with E-state index in [4.69, 9.17) is 16.3 Å². The summed E-state index contributed by atoms with van der Waals surface area (Å²) in [5, 5.41) is 0.397. The molecule has 0 unspecified atom stereocenters. The molecule has 0 amide bonds. The van der Waals surface area contributed by atoms with E-state index in [1.54, 1.807) is 36.5 Å². The van der Waals surface area contributed by atoms with Gasteiger partial charge in [0.05, 0.1) is 21.8 Å². The first-order chi connectivity index (χ1) is 13.8. The minimum absolute atomic E-state index is 0.0184. The molecule has 0 bridgehead atoms. The van der Waals surface area contributed by atoms with Crippen LogP contribution in [0, 0.1) is 0 Å². The first-order valence-corrected chi connectivity index (χ1v) is 10.3. The van der Waals surface area contributed by atoms with E-state index < -0.39 is 28.4 Å². The largest absolute Gasteiger partial charge is 0.454 e. The number of Topliss-reactive ketones (excluding diaryl/α,β-unsaturated/α-hetero) is 1. The number of esters is 1. The van der Waals surface area contributed by atoms with Gasteiger partial charge in [-0.15, -0.1) is 0 Å². The molecule has 1 aromatic heterocycles. The summed E-state index contributed by atoms with van der Waals surface area (Å²) in [6.07, 6.45) is 1.58. The summed E-state index contributed by atoms with van der Waals surface area (Å²) in [6.45, 7) is -0.460. The number of hydrogen-bond donors (Lipinski definition) is 1. The zero-order valence-corrected chi connectivity index (χ0v) is 16.9. The number of ketones is 1. The number of carbonyl (C=O) groups is 2. The van der Waals surface area contributed by atoms with Crippen LogP contribution in [0.15, 0.2) is 71.8 Å². The number of halogens is 1. The fourth-order valence-corrected chi connectivity index (χ4v) is 3.97. The summed E-state index contributed by atoms with van der Waals surface area (Å²) in [5.41, 5.74) is 0.712. The van der Waals surface area contributed by atoms with E-state index in [0.29, 0.717) is 16.4 Å². The number of carbonyl (C=O) groups excluding carboxylic acids is 2. The molecule has 3 aromatic rings. The molecule has 0 aliphatic rings. The van der Waals surface area contributed by atoms with Gasteiger partial charge in [-0.25, -0.2) is 13.2 Å². The lowest BCUT2D eigenvalue weighted by Gasteiger charge is -2.20. The Morgan fingerprint density at radius 1 is 1.07 bits per heavy atom. The highest BCUT2D eigenvalue weighted by Gasteiger charge is 2.23. The number of anilines is 1. The van der Waals surface area contributed by atoms with Crippen molar-refractivity contribution in [3.8, 4) is 0 Å². The van der Waals surface area contributed by atoms with Gasteiger partial charge in [0.25, 0.3) is 10.0 Å². The highest BCUT2D eigenvalue weighted by Crippen LogP contribution is 2.25. The lowest BCUT2D eigenvalue weighted by molar-refractivity contribution is 0.0473. The van der Waals surface area contributed by atoms with E-state index in [0.717, 1.165) is 4.31 Å². The van der Waals surface area contributed by atoms with Gasteiger partial charge in [-0.2, -0.15) is 0 Å². The predicted octanol–water partition coefficient (Wildman–Crippen LogP) is 3.53. The summed E-state index contributed by atoms with van der Waals surface area (Å²) < 4.78 is 31.9. The first-order valence-electron chi connectivity index (χ1n) is 8.47. The van der Waals surface area contributed by atoms with Crippen LogP contribution in [-0.4, -0.2) is 38.8 Å². The molecule has 3 rings (SSSR count). The zero-order chi connectivity index (χ0) is 21.0. The second kappa shape index (κ2) is 8.50. The van der Waals surface area contributed by atoms with Crippen molar-refractivity contribution in [1.82, 2.24) is 4.98 Å². The van der Waals surface area contributed by atoms with Gasteiger partial charge < -0.3 is 9.72 Å². The maximum Gasteiger partial charge on any atom is 0.338 e. The van der Waals surface area contributed by atoms with E-state index in [1.165, 1.54) is 37.4 Å². The third-order valence-electron chi connectivity index (χ3n) is 4.13. The number of benzene rings is 2. The van der Waals surface area contributed by atoms with Crippen molar-refractivity contribution in [2.45, 2.75) is 4.90 Å². The molecular formula is C20H17ClN2O5S. The Morgan fingerprint density at radius 3 is 2.52 bits per heavy atom. The summed E-state index contributed by atoms with van der Waals surface area (Å²) >= 11 is 5.94. The number of nitrogens with zero attached hydrogens (tertiary/aromatic N) is 1. The van der Waals surface area contributed by atoms with Gasteiger partial charge in [0, 0.05) is 18.3 Å². The molecule has 2 aromatic carbocycles. The average Bonchev–Trinajstić information content (AvgIpc) is 3.26. The van der Waals surface area contributed by atoms with Crippen LogP contribution in [0.4, 0.5) is 5.69 Å². The van der Waals surface area contributed by atoms with Crippen molar-refractivity contribution < 1.29 is 22.7 Å². The molecular weight excluding hydrogens is 416 g/mol. The Morgan fingerprint density at radius 2 is 1.83 bits per heavy atom. The SMILES string of the molecule is CN(c1cccc(Cl)c1)S(=O)(=O)c1cccc(C(=O)OCC(=O)c2ccc[nH]2)c1. The van der Waals surface area contributed by atoms with Crippen LogP contribution in [0.25, 0.3) is 0 Å². The number of sulfonamides is 1. The highest BCUT2D eigenvalue weighted by atomic mass is 35.5. The molecule has 0 aliphatic heterocycles. The van der Waals surface area contributed by atoms with E-state index >= 15 is 0 Å². The zero-order valence-electron chi connectivity index (χ0n) is 15.3. The second-order valence-electron chi connectivity index (χ2n) is 6.06. The van der Waals surface area contributed by atoms with Crippen molar-refractivity contribution in [2.24, 2.45) is 0 Å². The molecule has 150 valence electrons. The summed E-state index contributed by atoms with van der Waals surface area (Å²) in [4.78, 5) is 26.8. The highest BCUT2D eigenvalue weighted by molar-refractivity contribution is 7.92. The number of rotatable bonds is 7.